The van der Waals surface area contributed by atoms with Gasteiger partial charge in [0.05, 0.1) is 11.0 Å². The average molecular weight is 302 g/mol. The molecule has 1 spiro atoms. The Morgan fingerprint density at radius 3 is 3.00 bits per heavy atom. The first-order valence-corrected chi connectivity index (χ1v) is 8.19. The first-order chi connectivity index (χ1) is 10.5. The van der Waals surface area contributed by atoms with E-state index in [-0.39, 0.29) is 23.9 Å². The molecule has 22 heavy (non-hydrogen) atoms. The topological polar surface area (TPSA) is 79.0 Å². The predicted octanol–water partition coefficient (Wildman–Crippen LogP) is 0.503. The van der Waals surface area contributed by atoms with Gasteiger partial charge in [-0.3, -0.25) is 0 Å². The van der Waals surface area contributed by atoms with Crippen molar-refractivity contribution in [1.29, 1.82) is 0 Å². The van der Waals surface area contributed by atoms with E-state index in [0.717, 1.165) is 31.4 Å². The van der Waals surface area contributed by atoms with Gasteiger partial charge >= 0.3 is 0 Å². The molecule has 4 N–H and O–H groups in total. The summed E-state index contributed by atoms with van der Waals surface area (Å²) in [4.78, 5) is 2.28. The van der Waals surface area contributed by atoms with E-state index >= 15 is 0 Å². The van der Waals surface area contributed by atoms with E-state index in [0.29, 0.717) is 12.2 Å². The molecule has 5 heteroatoms. The third kappa shape index (κ3) is 1.17. The molecule has 1 saturated heterocycles. The Kier molecular flexibility index (Phi) is 2.26. The molecule has 2 aliphatic heterocycles. The lowest BCUT2D eigenvalue weighted by Crippen LogP contribution is -2.77. The van der Waals surface area contributed by atoms with Gasteiger partial charge in [-0.1, -0.05) is 6.07 Å². The van der Waals surface area contributed by atoms with Gasteiger partial charge in [-0.2, -0.15) is 0 Å². The molecule has 4 aliphatic rings. The summed E-state index contributed by atoms with van der Waals surface area (Å²) in [7, 11) is 2.10. The van der Waals surface area contributed by atoms with Crippen LogP contribution in [0.25, 0.3) is 0 Å². The van der Waals surface area contributed by atoms with Gasteiger partial charge in [-0.05, 0) is 50.9 Å². The number of aromatic hydroxyl groups is 1. The zero-order valence-corrected chi connectivity index (χ0v) is 12.7. The van der Waals surface area contributed by atoms with Gasteiger partial charge in [-0.15, -0.1) is 0 Å². The summed E-state index contributed by atoms with van der Waals surface area (Å²) in [5, 5.41) is 22.0. The standard InChI is InChI=1S/C17H22N2O3/c1-19-7-6-16-13-9-2-3-11(20)14(13)22-15(16)10(18)4-5-17(16,21)12(19)8-9/h2-3,10,12,15,20-21H,4-8,18H2,1H3/t10?,12-,15+,16+,17-/m1/s1. The number of nitrogens with zero attached hydrogens (tertiary/aromatic N) is 1. The third-order valence-corrected chi connectivity index (χ3v) is 6.78. The monoisotopic (exact) mass is 302 g/mol. The molecule has 2 heterocycles. The quantitative estimate of drug-likeness (QED) is 0.650. The zero-order valence-electron chi connectivity index (χ0n) is 12.7. The van der Waals surface area contributed by atoms with Crippen LogP contribution in [0.5, 0.6) is 11.5 Å². The molecule has 5 rings (SSSR count). The number of hydrogen-bond donors (Lipinski definition) is 3. The fourth-order valence-electron chi connectivity index (χ4n) is 5.79. The molecule has 5 nitrogen and oxygen atoms in total. The highest BCUT2D eigenvalue weighted by atomic mass is 16.5. The lowest BCUT2D eigenvalue weighted by molar-refractivity contribution is -0.184. The normalized spacial score (nSPS) is 45.3. The molecule has 2 fully saturated rings. The molecule has 1 saturated carbocycles. The molecule has 1 unspecified atom stereocenters. The number of phenols is 1. The van der Waals surface area contributed by atoms with Crippen molar-refractivity contribution < 1.29 is 14.9 Å². The third-order valence-electron chi connectivity index (χ3n) is 6.78. The largest absolute Gasteiger partial charge is 0.504 e. The van der Waals surface area contributed by atoms with Crippen LogP contribution in [0.4, 0.5) is 0 Å². The SMILES string of the molecule is CN1CC[C@]23c4c5ccc(O)c4O[C@H]2C(N)CC[C@@]3(O)[C@H]1C5. The van der Waals surface area contributed by atoms with E-state index in [9.17, 15) is 10.2 Å². The average Bonchev–Trinajstić information content (AvgIpc) is 2.85. The number of likely N-dealkylation sites (N-methyl/N-ethyl adjacent to an activating group) is 1. The van der Waals surface area contributed by atoms with Crippen molar-refractivity contribution in [2.75, 3.05) is 13.6 Å². The van der Waals surface area contributed by atoms with Crippen LogP contribution in [0.3, 0.4) is 0 Å². The minimum Gasteiger partial charge on any atom is -0.504 e. The molecule has 0 radical (unpaired) electrons. The molecule has 5 atom stereocenters. The predicted molar refractivity (Wildman–Crippen MR) is 81.1 cm³/mol. The maximum atomic E-state index is 11.7. The van der Waals surface area contributed by atoms with Crippen molar-refractivity contribution in [3.05, 3.63) is 23.3 Å². The van der Waals surface area contributed by atoms with Crippen molar-refractivity contribution in [2.24, 2.45) is 5.73 Å². The molecule has 1 aromatic carbocycles. The van der Waals surface area contributed by atoms with Crippen molar-refractivity contribution >= 4 is 0 Å². The van der Waals surface area contributed by atoms with Crippen LogP contribution in [0.2, 0.25) is 0 Å². The van der Waals surface area contributed by atoms with Gasteiger partial charge in [0.25, 0.3) is 0 Å². The first-order valence-electron chi connectivity index (χ1n) is 8.19. The van der Waals surface area contributed by atoms with E-state index in [4.69, 9.17) is 10.5 Å². The second kappa shape index (κ2) is 3.78. The molecule has 2 bridgehead atoms. The molecule has 118 valence electrons. The summed E-state index contributed by atoms with van der Waals surface area (Å²) in [5.74, 6) is 0.746. The molecule has 1 aromatic rings. The fourth-order valence-corrected chi connectivity index (χ4v) is 5.79. The van der Waals surface area contributed by atoms with Crippen molar-refractivity contribution in [3.63, 3.8) is 0 Å². The van der Waals surface area contributed by atoms with E-state index in [1.165, 1.54) is 5.56 Å². The first kappa shape index (κ1) is 13.2. The Morgan fingerprint density at radius 1 is 1.36 bits per heavy atom. The Hall–Kier alpha value is -1.30. The van der Waals surface area contributed by atoms with Gasteiger partial charge in [0.1, 0.15) is 6.10 Å². The highest BCUT2D eigenvalue weighted by molar-refractivity contribution is 5.62. The number of ether oxygens (including phenoxy) is 1. The summed E-state index contributed by atoms with van der Waals surface area (Å²) in [6.45, 7) is 0.925. The number of rotatable bonds is 0. The van der Waals surface area contributed by atoms with Crippen LogP contribution in [-0.2, 0) is 11.8 Å². The highest BCUT2D eigenvalue weighted by Crippen LogP contribution is 2.64. The lowest BCUT2D eigenvalue weighted by atomic mass is 9.48. The number of likely N-dealkylation sites (tertiary alicyclic amines) is 1. The molecular weight excluding hydrogens is 280 g/mol. The smallest absolute Gasteiger partial charge is 0.165 e. The Morgan fingerprint density at radius 2 is 2.18 bits per heavy atom. The second-order valence-electron chi connectivity index (χ2n) is 7.54. The van der Waals surface area contributed by atoms with Crippen LogP contribution in [0.15, 0.2) is 12.1 Å². The minimum atomic E-state index is -0.813. The summed E-state index contributed by atoms with van der Waals surface area (Å²) in [6.07, 6.45) is 2.88. The summed E-state index contributed by atoms with van der Waals surface area (Å²) >= 11 is 0. The minimum absolute atomic E-state index is 0.0953. The number of phenolic OH excluding ortho intramolecular Hbond substituents is 1. The van der Waals surface area contributed by atoms with E-state index in [1.54, 1.807) is 6.07 Å². The highest BCUT2D eigenvalue weighted by Gasteiger charge is 2.72. The number of hydrogen-bond acceptors (Lipinski definition) is 5. The molecule has 0 aromatic heterocycles. The van der Waals surface area contributed by atoms with Crippen LogP contribution in [-0.4, -0.2) is 52.5 Å². The van der Waals surface area contributed by atoms with Gasteiger partial charge in [-0.25, -0.2) is 0 Å². The van der Waals surface area contributed by atoms with Crippen LogP contribution in [0.1, 0.15) is 30.4 Å². The summed E-state index contributed by atoms with van der Waals surface area (Å²) in [5.41, 5.74) is 7.35. The maximum absolute atomic E-state index is 11.7. The van der Waals surface area contributed by atoms with Gasteiger partial charge in [0, 0.05) is 17.6 Å². The van der Waals surface area contributed by atoms with Crippen molar-refractivity contribution in [2.45, 2.75) is 54.9 Å². The van der Waals surface area contributed by atoms with E-state index in [1.807, 2.05) is 6.07 Å². The maximum Gasteiger partial charge on any atom is 0.165 e. The molecular formula is C17H22N2O3. The lowest BCUT2D eigenvalue weighted by Gasteiger charge is -2.63. The Labute approximate surface area is 129 Å². The van der Waals surface area contributed by atoms with Crippen LogP contribution >= 0.6 is 0 Å². The van der Waals surface area contributed by atoms with E-state index < -0.39 is 11.0 Å². The molecule has 2 aliphatic carbocycles. The Balaban J connectivity index is 1.86. The summed E-state index contributed by atoms with van der Waals surface area (Å²) < 4.78 is 6.17. The van der Waals surface area contributed by atoms with E-state index in [2.05, 4.69) is 11.9 Å². The molecule has 0 amide bonds. The number of nitrogens with two attached hydrogens (primary N) is 1. The number of piperidine rings is 1. The van der Waals surface area contributed by atoms with Gasteiger partial charge in [0.15, 0.2) is 11.5 Å². The van der Waals surface area contributed by atoms with Gasteiger partial charge in [0.2, 0.25) is 0 Å². The van der Waals surface area contributed by atoms with Gasteiger partial charge < -0.3 is 25.6 Å². The Bertz CT molecular complexity index is 678. The number of benzene rings is 1. The second-order valence-corrected chi connectivity index (χ2v) is 7.54. The van der Waals surface area contributed by atoms with Crippen molar-refractivity contribution in [1.82, 2.24) is 4.90 Å². The fraction of sp³-hybridized carbons (Fsp3) is 0.647. The number of aliphatic hydroxyl groups is 1. The zero-order chi connectivity index (χ0) is 15.3. The van der Waals surface area contributed by atoms with Crippen LogP contribution in [0, 0.1) is 0 Å². The van der Waals surface area contributed by atoms with Crippen molar-refractivity contribution in [3.8, 4) is 11.5 Å². The van der Waals surface area contributed by atoms with Crippen LogP contribution < -0.4 is 10.5 Å². The summed E-state index contributed by atoms with van der Waals surface area (Å²) in [6, 6.07) is 3.71.